The highest BCUT2D eigenvalue weighted by Crippen LogP contribution is 2.37. The van der Waals surface area contributed by atoms with E-state index in [4.69, 9.17) is 14.6 Å². The van der Waals surface area contributed by atoms with Crippen LogP contribution in [-0.2, 0) is 16.0 Å². The predicted octanol–water partition coefficient (Wildman–Crippen LogP) is 5.82. The van der Waals surface area contributed by atoms with Crippen LogP contribution >= 0.6 is 15.9 Å². The molecule has 1 unspecified atom stereocenters. The Morgan fingerprint density at radius 3 is 2.68 bits per heavy atom. The van der Waals surface area contributed by atoms with Gasteiger partial charge in [-0.3, -0.25) is 4.79 Å². The molecule has 1 saturated heterocycles. The molecule has 0 aliphatic carbocycles. The fourth-order valence-electron chi connectivity index (χ4n) is 4.55. The van der Waals surface area contributed by atoms with Crippen LogP contribution in [0.2, 0.25) is 0 Å². The number of carbonyl (C=O) groups excluding carboxylic acids is 1. The predicted molar refractivity (Wildman–Crippen MR) is 141 cm³/mol. The lowest BCUT2D eigenvalue weighted by Gasteiger charge is -2.23. The van der Waals surface area contributed by atoms with Crippen molar-refractivity contribution in [1.29, 1.82) is 0 Å². The van der Waals surface area contributed by atoms with E-state index in [1.165, 1.54) is 12.1 Å². The van der Waals surface area contributed by atoms with E-state index >= 15 is 0 Å². The lowest BCUT2D eigenvalue weighted by molar-refractivity contribution is -0.128. The van der Waals surface area contributed by atoms with E-state index in [0.29, 0.717) is 24.5 Å². The fraction of sp³-hybridized carbons (Fsp3) is 0.143. The number of hydrogen-bond donors (Lipinski definition) is 1. The summed E-state index contributed by atoms with van der Waals surface area (Å²) < 4.78 is 28.0. The number of ether oxygens (including phenoxy) is 2. The molecule has 1 N–H and O–H groups in total. The second-order valence-corrected chi connectivity index (χ2v) is 9.76. The van der Waals surface area contributed by atoms with Crippen molar-refractivity contribution >= 4 is 27.5 Å². The number of aromatic nitrogens is 2. The van der Waals surface area contributed by atoms with Gasteiger partial charge in [0.25, 0.3) is 5.91 Å². The molecular formula is C28H22BrFN4O3. The molecule has 0 bridgehead atoms. The van der Waals surface area contributed by atoms with Gasteiger partial charge in [0, 0.05) is 28.3 Å². The van der Waals surface area contributed by atoms with Gasteiger partial charge >= 0.3 is 0 Å². The maximum Gasteiger partial charge on any atom is 0.250 e. The van der Waals surface area contributed by atoms with Gasteiger partial charge in [-0.2, -0.15) is 5.10 Å². The van der Waals surface area contributed by atoms with Crippen LogP contribution in [-0.4, -0.2) is 33.7 Å². The Bertz CT molecular complexity index is 1500. The largest absolute Gasteiger partial charge is 0.440 e. The first-order valence-electron chi connectivity index (χ1n) is 11.7. The van der Waals surface area contributed by atoms with Gasteiger partial charge in [-0.1, -0.05) is 22.0 Å². The molecular weight excluding hydrogens is 539 g/mol. The Hall–Kier alpha value is -3.95. The van der Waals surface area contributed by atoms with Crippen molar-refractivity contribution in [3.63, 3.8) is 0 Å². The molecule has 37 heavy (non-hydrogen) atoms. The number of carbonyl (C=O) groups is 1. The monoisotopic (exact) mass is 560 g/mol. The number of halogens is 2. The van der Waals surface area contributed by atoms with Crippen LogP contribution in [0.1, 0.15) is 17.4 Å². The van der Waals surface area contributed by atoms with E-state index in [1.54, 1.807) is 21.7 Å². The molecule has 2 aliphatic rings. The summed E-state index contributed by atoms with van der Waals surface area (Å²) in [4.78, 5) is 14.6. The van der Waals surface area contributed by atoms with Crippen LogP contribution in [0.5, 0.6) is 5.75 Å². The minimum absolute atomic E-state index is 0.0198. The average molecular weight is 561 g/mol. The highest BCUT2D eigenvalue weighted by atomic mass is 79.9. The summed E-state index contributed by atoms with van der Waals surface area (Å²) in [6.07, 6.45) is 1.86. The van der Waals surface area contributed by atoms with Crippen LogP contribution < -0.4 is 10.1 Å². The molecule has 1 aromatic heterocycles. The number of fused-ring (bicyclic) bond motifs is 1. The van der Waals surface area contributed by atoms with Crippen molar-refractivity contribution in [2.24, 2.45) is 0 Å². The standard InChI is InChI=1S/C28H22BrFN4O3/c1-17-31-24-11-2-18(14-25(24)37-17)12-13-33-26(35)16-36-28(33)23-15-34(22-9-5-20(29)6-10-22)32-27(23)19-3-7-21(30)8-4-19/h2-11,14-15,28,31H,1,12-13,16H2. The Morgan fingerprint density at radius 1 is 1.11 bits per heavy atom. The lowest BCUT2D eigenvalue weighted by atomic mass is 10.1. The Labute approximate surface area is 221 Å². The van der Waals surface area contributed by atoms with Gasteiger partial charge in [0.2, 0.25) is 0 Å². The molecule has 0 saturated carbocycles. The van der Waals surface area contributed by atoms with E-state index in [-0.39, 0.29) is 18.3 Å². The third-order valence-corrected chi connectivity index (χ3v) is 6.91. The zero-order valence-electron chi connectivity index (χ0n) is 19.7. The summed E-state index contributed by atoms with van der Waals surface area (Å²) in [6, 6.07) is 19.8. The van der Waals surface area contributed by atoms with E-state index in [9.17, 15) is 9.18 Å². The van der Waals surface area contributed by atoms with Crippen LogP contribution in [0.25, 0.3) is 16.9 Å². The average Bonchev–Trinajstić information content (AvgIpc) is 3.59. The molecule has 0 radical (unpaired) electrons. The number of nitrogens with zero attached hydrogens (tertiary/aromatic N) is 3. The third kappa shape index (κ3) is 4.63. The van der Waals surface area contributed by atoms with E-state index in [0.717, 1.165) is 38.3 Å². The van der Waals surface area contributed by atoms with Crippen molar-refractivity contribution in [1.82, 2.24) is 14.7 Å². The summed E-state index contributed by atoms with van der Waals surface area (Å²) >= 11 is 3.46. The molecule has 9 heteroatoms. The molecule has 3 heterocycles. The number of amides is 1. The second kappa shape index (κ2) is 9.49. The Kier molecular flexibility index (Phi) is 6.02. The summed E-state index contributed by atoms with van der Waals surface area (Å²) in [5.41, 5.74) is 4.84. The summed E-state index contributed by atoms with van der Waals surface area (Å²) in [5, 5.41) is 7.87. The summed E-state index contributed by atoms with van der Waals surface area (Å²) in [5.74, 6) is 0.784. The zero-order chi connectivity index (χ0) is 25.5. The van der Waals surface area contributed by atoms with Crippen molar-refractivity contribution in [2.45, 2.75) is 12.6 Å². The number of rotatable bonds is 6. The SMILES string of the molecule is C=C1Nc2ccc(CCN3C(=O)COC3c3cn(-c4ccc(Br)cc4)nc3-c3ccc(F)cc3)cc2O1. The zero-order valence-corrected chi connectivity index (χ0v) is 21.2. The van der Waals surface area contributed by atoms with Gasteiger partial charge in [-0.15, -0.1) is 0 Å². The highest BCUT2D eigenvalue weighted by molar-refractivity contribution is 9.10. The topological polar surface area (TPSA) is 68.6 Å². The van der Waals surface area contributed by atoms with Crippen LogP contribution in [0.3, 0.4) is 0 Å². The highest BCUT2D eigenvalue weighted by Gasteiger charge is 2.36. The summed E-state index contributed by atoms with van der Waals surface area (Å²) in [6.45, 7) is 4.22. The van der Waals surface area contributed by atoms with Gasteiger partial charge < -0.3 is 19.7 Å². The van der Waals surface area contributed by atoms with Crippen molar-refractivity contribution in [2.75, 3.05) is 18.5 Å². The smallest absolute Gasteiger partial charge is 0.250 e. The fourth-order valence-corrected chi connectivity index (χ4v) is 4.81. The first kappa shape index (κ1) is 23.4. The van der Waals surface area contributed by atoms with E-state index in [1.807, 2.05) is 48.7 Å². The Morgan fingerprint density at radius 2 is 1.89 bits per heavy atom. The molecule has 3 aromatic carbocycles. The lowest BCUT2D eigenvalue weighted by Crippen LogP contribution is -2.30. The molecule has 6 rings (SSSR count). The number of hydrogen-bond acceptors (Lipinski definition) is 5. The number of benzene rings is 3. The quantitative estimate of drug-likeness (QED) is 0.322. The molecule has 2 aliphatic heterocycles. The van der Waals surface area contributed by atoms with Crippen molar-refractivity contribution in [3.8, 4) is 22.7 Å². The first-order valence-corrected chi connectivity index (χ1v) is 12.5. The summed E-state index contributed by atoms with van der Waals surface area (Å²) in [7, 11) is 0. The third-order valence-electron chi connectivity index (χ3n) is 6.38. The van der Waals surface area contributed by atoms with Gasteiger partial charge in [0.1, 0.15) is 18.1 Å². The van der Waals surface area contributed by atoms with E-state index < -0.39 is 6.23 Å². The van der Waals surface area contributed by atoms with Crippen LogP contribution in [0.4, 0.5) is 10.1 Å². The molecule has 0 spiro atoms. The number of nitrogens with one attached hydrogen (secondary N) is 1. The minimum atomic E-state index is -0.621. The molecule has 186 valence electrons. The van der Waals surface area contributed by atoms with Gasteiger partial charge in [-0.05, 0) is 79.2 Å². The van der Waals surface area contributed by atoms with Gasteiger partial charge in [0.05, 0.1) is 11.4 Å². The second-order valence-electron chi connectivity index (χ2n) is 8.84. The van der Waals surface area contributed by atoms with Crippen LogP contribution in [0.15, 0.2) is 89.9 Å². The van der Waals surface area contributed by atoms with Crippen molar-refractivity contribution in [3.05, 3.63) is 107 Å². The maximum absolute atomic E-state index is 13.7. The number of anilines is 1. The molecule has 1 atom stereocenters. The van der Waals surface area contributed by atoms with Crippen LogP contribution in [0, 0.1) is 5.82 Å². The molecule has 1 fully saturated rings. The van der Waals surface area contributed by atoms with E-state index in [2.05, 4.69) is 27.8 Å². The van der Waals surface area contributed by atoms with Gasteiger partial charge in [0.15, 0.2) is 17.9 Å². The Balaban J connectivity index is 1.32. The van der Waals surface area contributed by atoms with Gasteiger partial charge in [-0.25, -0.2) is 9.07 Å². The van der Waals surface area contributed by atoms with Crippen molar-refractivity contribution < 1.29 is 18.7 Å². The maximum atomic E-state index is 13.7. The first-order chi connectivity index (χ1) is 17.9. The molecule has 4 aromatic rings. The normalized spacial score (nSPS) is 16.6. The molecule has 1 amide bonds. The minimum Gasteiger partial charge on any atom is -0.440 e. The molecule has 7 nitrogen and oxygen atoms in total.